The summed E-state index contributed by atoms with van der Waals surface area (Å²) in [4.78, 5) is 24.9. The number of hydrogen-bond donors (Lipinski definition) is 1. The van der Waals surface area contributed by atoms with Crippen LogP contribution in [0.2, 0.25) is 0 Å². The van der Waals surface area contributed by atoms with Gasteiger partial charge in [0.05, 0.1) is 17.8 Å². The predicted octanol–water partition coefficient (Wildman–Crippen LogP) is 4.28. The Morgan fingerprint density at radius 2 is 1.58 bits per heavy atom. The number of rotatable bonds is 8. The van der Waals surface area contributed by atoms with Gasteiger partial charge < -0.3 is 5.32 Å². The van der Waals surface area contributed by atoms with Crippen molar-refractivity contribution >= 4 is 16.8 Å². The molecule has 0 spiro atoms. The molecule has 0 radical (unpaired) electrons. The fourth-order valence-corrected chi connectivity index (χ4v) is 3.83. The van der Waals surface area contributed by atoms with Crippen molar-refractivity contribution in [3.05, 3.63) is 112 Å². The Balaban J connectivity index is 1.47. The van der Waals surface area contributed by atoms with Gasteiger partial charge >= 0.3 is 0 Å². The second-order valence-electron chi connectivity index (χ2n) is 7.59. The number of fused-ring (bicyclic) bond motifs is 1. The molecule has 1 N–H and O–H groups in total. The lowest BCUT2D eigenvalue weighted by atomic mass is 9.99. The maximum atomic E-state index is 12.9. The summed E-state index contributed by atoms with van der Waals surface area (Å²) in [6.07, 6.45) is 4.03. The zero-order chi connectivity index (χ0) is 21.5. The van der Waals surface area contributed by atoms with Crippen LogP contribution >= 0.6 is 0 Å². The fourth-order valence-electron chi connectivity index (χ4n) is 3.83. The first kappa shape index (κ1) is 20.5. The molecule has 0 saturated heterocycles. The van der Waals surface area contributed by atoms with Crippen LogP contribution in [-0.4, -0.2) is 15.7 Å². The van der Waals surface area contributed by atoms with Gasteiger partial charge in [-0.1, -0.05) is 72.8 Å². The van der Waals surface area contributed by atoms with Gasteiger partial charge in [0.25, 0.3) is 0 Å². The van der Waals surface area contributed by atoms with Crippen LogP contribution in [0, 0.1) is 0 Å². The number of hydrogen-bond acceptors (Lipinski definition) is 3. The highest BCUT2D eigenvalue weighted by Crippen LogP contribution is 2.20. The van der Waals surface area contributed by atoms with Crippen molar-refractivity contribution in [3.63, 3.8) is 0 Å². The van der Waals surface area contributed by atoms with E-state index in [9.17, 15) is 9.59 Å². The van der Waals surface area contributed by atoms with Crippen LogP contribution < -0.4 is 10.7 Å². The van der Waals surface area contributed by atoms with Crippen LogP contribution in [-0.2, 0) is 17.8 Å². The molecular weight excluding hydrogens is 386 g/mol. The first-order valence-corrected chi connectivity index (χ1v) is 10.5. The zero-order valence-corrected chi connectivity index (χ0v) is 17.3. The number of para-hydroxylation sites is 1. The third-order valence-electron chi connectivity index (χ3n) is 5.39. The summed E-state index contributed by atoms with van der Waals surface area (Å²) in [5.41, 5.74) is 2.90. The molecule has 0 aliphatic heterocycles. The molecule has 31 heavy (non-hydrogen) atoms. The lowest BCUT2D eigenvalue weighted by Gasteiger charge is -2.20. The Hall–Kier alpha value is -3.73. The van der Waals surface area contributed by atoms with Gasteiger partial charge in [0, 0.05) is 5.39 Å². The van der Waals surface area contributed by atoms with Gasteiger partial charge in [-0.15, -0.1) is 0 Å². The summed E-state index contributed by atoms with van der Waals surface area (Å²) in [5, 5.41) is 7.90. The van der Waals surface area contributed by atoms with E-state index in [1.165, 1.54) is 11.8 Å². The largest absolute Gasteiger partial charge is 0.348 e. The Morgan fingerprint density at radius 1 is 0.903 bits per heavy atom. The van der Waals surface area contributed by atoms with Crippen molar-refractivity contribution in [2.24, 2.45) is 0 Å². The van der Waals surface area contributed by atoms with E-state index in [1.807, 2.05) is 66.7 Å². The molecule has 4 aromatic rings. The monoisotopic (exact) mass is 411 g/mol. The Morgan fingerprint density at radius 3 is 2.35 bits per heavy atom. The van der Waals surface area contributed by atoms with E-state index in [0.29, 0.717) is 10.9 Å². The van der Waals surface area contributed by atoms with Crippen molar-refractivity contribution in [1.29, 1.82) is 0 Å². The topological polar surface area (TPSA) is 64.0 Å². The fraction of sp³-hybridized carbons (Fsp3) is 0.192. The molecule has 5 heteroatoms. The number of carbonyl (C=O) groups is 1. The number of nitrogens with zero attached hydrogens (tertiary/aromatic N) is 2. The average molecular weight is 412 g/mol. The van der Waals surface area contributed by atoms with E-state index in [-0.39, 0.29) is 23.9 Å². The van der Waals surface area contributed by atoms with E-state index in [0.717, 1.165) is 24.8 Å². The molecule has 156 valence electrons. The van der Waals surface area contributed by atoms with Crippen molar-refractivity contribution in [1.82, 2.24) is 15.1 Å². The first-order valence-electron chi connectivity index (χ1n) is 10.5. The normalized spacial score (nSPS) is 11.9. The molecule has 1 aromatic heterocycles. The maximum Gasteiger partial charge on any atom is 0.242 e. The highest BCUT2D eigenvalue weighted by atomic mass is 16.2. The van der Waals surface area contributed by atoms with E-state index in [2.05, 4.69) is 22.5 Å². The Labute approximate surface area is 181 Å². The Kier molecular flexibility index (Phi) is 6.53. The number of carbonyl (C=O) groups excluding carboxylic acids is 1. The number of nitrogens with one attached hydrogen (secondary N) is 1. The van der Waals surface area contributed by atoms with Gasteiger partial charge in [-0.2, -0.15) is 5.10 Å². The second-order valence-corrected chi connectivity index (χ2v) is 7.59. The summed E-state index contributed by atoms with van der Waals surface area (Å²) in [6, 6.07) is 27.5. The molecule has 5 nitrogen and oxygen atoms in total. The number of amides is 1. The number of aryl methyl sites for hydroxylation is 1. The summed E-state index contributed by atoms with van der Waals surface area (Å²) in [7, 11) is 0. The predicted molar refractivity (Wildman–Crippen MR) is 123 cm³/mol. The zero-order valence-electron chi connectivity index (χ0n) is 17.3. The van der Waals surface area contributed by atoms with Crippen molar-refractivity contribution in [2.45, 2.75) is 31.8 Å². The van der Waals surface area contributed by atoms with E-state index in [1.54, 1.807) is 10.7 Å². The summed E-state index contributed by atoms with van der Waals surface area (Å²) in [5.74, 6) is -0.130. The van der Waals surface area contributed by atoms with Crippen LogP contribution in [0.25, 0.3) is 10.9 Å². The number of benzene rings is 3. The van der Waals surface area contributed by atoms with E-state index in [4.69, 9.17) is 0 Å². The van der Waals surface area contributed by atoms with Gasteiger partial charge in [0.15, 0.2) is 0 Å². The maximum absolute atomic E-state index is 12.9. The minimum Gasteiger partial charge on any atom is -0.348 e. The van der Waals surface area contributed by atoms with Crippen LogP contribution in [0.4, 0.5) is 0 Å². The van der Waals surface area contributed by atoms with Gasteiger partial charge in [-0.25, -0.2) is 0 Å². The van der Waals surface area contributed by atoms with Gasteiger partial charge in [0.1, 0.15) is 6.54 Å². The SMILES string of the molecule is O=C(Cn1ncc(=O)c2ccccc21)NC(CCCc1ccccc1)c1ccccc1. The quantitative estimate of drug-likeness (QED) is 0.471. The molecule has 1 atom stereocenters. The molecule has 0 bridgehead atoms. The van der Waals surface area contributed by atoms with E-state index < -0.39 is 0 Å². The van der Waals surface area contributed by atoms with Crippen LogP contribution in [0.15, 0.2) is 95.9 Å². The molecule has 4 rings (SSSR count). The van der Waals surface area contributed by atoms with E-state index >= 15 is 0 Å². The molecule has 0 aliphatic carbocycles. The minimum atomic E-state index is -0.143. The van der Waals surface area contributed by atoms with Gasteiger partial charge in [-0.3, -0.25) is 14.3 Å². The molecule has 0 aliphatic rings. The smallest absolute Gasteiger partial charge is 0.242 e. The molecule has 1 amide bonds. The Bertz CT molecular complexity index is 1200. The highest BCUT2D eigenvalue weighted by Gasteiger charge is 2.16. The lowest BCUT2D eigenvalue weighted by molar-refractivity contribution is -0.122. The minimum absolute atomic E-state index is 0.0583. The molecule has 0 fully saturated rings. The molecular formula is C26H25N3O2. The third kappa shape index (κ3) is 5.25. The van der Waals surface area contributed by atoms with Crippen LogP contribution in [0.3, 0.4) is 0 Å². The van der Waals surface area contributed by atoms with Crippen molar-refractivity contribution in [2.75, 3.05) is 0 Å². The summed E-state index contributed by atoms with van der Waals surface area (Å²) in [6.45, 7) is 0.0583. The molecule has 3 aromatic carbocycles. The third-order valence-corrected chi connectivity index (χ3v) is 5.39. The summed E-state index contributed by atoms with van der Waals surface area (Å²) < 4.78 is 1.58. The molecule has 1 unspecified atom stereocenters. The van der Waals surface area contributed by atoms with Gasteiger partial charge in [-0.05, 0) is 42.5 Å². The lowest BCUT2D eigenvalue weighted by Crippen LogP contribution is -2.32. The van der Waals surface area contributed by atoms with Crippen molar-refractivity contribution in [3.8, 4) is 0 Å². The number of aromatic nitrogens is 2. The molecule has 1 heterocycles. The van der Waals surface area contributed by atoms with Gasteiger partial charge in [0.2, 0.25) is 11.3 Å². The first-order chi connectivity index (χ1) is 15.2. The summed E-state index contributed by atoms with van der Waals surface area (Å²) >= 11 is 0. The molecule has 0 saturated carbocycles. The standard InChI is InChI=1S/C26H25N3O2/c30-25-18-27-29(24-17-8-7-15-22(24)25)19-26(31)28-23(21-13-5-2-6-14-21)16-9-12-20-10-3-1-4-11-20/h1-8,10-11,13-15,17-18,23H,9,12,16,19H2,(H,28,31). The average Bonchev–Trinajstić information content (AvgIpc) is 2.82. The highest BCUT2D eigenvalue weighted by molar-refractivity contribution is 5.81. The second kappa shape index (κ2) is 9.85. The van der Waals surface area contributed by atoms with Crippen molar-refractivity contribution < 1.29 is 4.79 Å². The van der Waals surface area contributed by atoms with Crippen LogP contribution in [0.5, 0.6) is 0 Å². The van der Waals surface area contributed by atoms with Crippen LogP contribution in [0.1, 0.15) is 30.0 Å².